The molecule has 4 N–H and O–H groups in total. The lowest BCUT2D eigenvalue weighted by Crippen LogP contribution is -2.20. The van der Waals surface area contributed by atoms with E-state index in [1.165, 1.54) is 0 Å². The fourth-order valence-electron chi connectivity index (χ4n) is 6.41. The van der Waals surface area contributed by atoms with Gasteiger partial charge in [0.2, 0.25) is 17.8 Å². The number of aryl methyl sites for hydroxylation is 6. The molecule has 0 bridgehead atoms. The summed E-state index contributed by atoms with van der Waals surface area (Å²) in [5.74, 6) is -0.343. The van der Waals surface area contributed by atoms with Crippen LogP contribution >= 0.6 is 0 Å². The van der Waals surface area contributed by atoms with Crippen LogP contribution in [0.3, 0.4) is 0 Å². The fraction of sp³-hybridized carbons (Fsp3) is 0.378. The largest absolute Gasteiger partial charge is 0.366 e. The van der Waals surface area contributed by atoms with Gasteiger partial charge in [-0.3, -0.25) is 34.4 Å². The smallest absolute Gasteiger partial charge is 0.276 e. The highest BCUT2D eigenvalue weighted by atomic mass is 16.2. The molecule has 4 heterocycles. The second-order valence-electron chi connectivity index (χ2n) is 12.9. The molecule has 0 radical (unpaired) electrons. The summed E-state index contributed by atoms with van der Waals surface area (Å²) in [6.07, 6.45) is 1.41. The molecule has 0 saturated carbocycles. The molecule has 52 heavy (non-hydrogen) atoms. The van der Waals surface area contributed by atoms with E-state index in [0.717, 1.165) is 33.5 Å². The molecule has 0 atom stereocenters. The Labute approximate surface area is 302 Å². The van der Waals surface area contributed by atoms with Crippen molar-refractivity contribution in [3.63, 3.8) is 0 Å². The number of nitrogens with one attached hydrogen (secondary N) is 2. The van der Waals surface area contributed by atoms with Crippen molar-refractivity contribution in [2.24, 2.45) is 5.73 Å². The van der Waals surface area contributed by atoms with Gasteiger partial charge < -0.3 is 19.8 Å². The first-order valence-electron chi connectivity index (χ1n) is 17.1. The van der Waals surface area contributed by atoms with Crippen LogP contribution in [0.2, 0.25) is 0 Å². The molecule has 6 aromatic rings. The van der Waals surface area contributed by atoms with E-state index >= 15 is 0 Å². The lowest BCUT2D eigenvalue weighted by Gasteiger charge is -2.13. The number of fused-ring (bicyclic) bond motifs is 2. The summed E-state index contributed by atoms with van der Waals surface area (Å²) in [6.45, 7) is 10.5. The van der Waals surface area contributed by atoms with Gasteiger partial charge in [-0.05, 0) is 96.6 Å². The molecule has 0 unspecified atom stereocenters. The van der Waals surface area contributed by atoms with Crippen molar-refractivity contribution in [2.45, 2.75) is 80.7 Å². The van der Waals surface area contributed by atoms with E-state index in [9.17, 15) is 14.4 Å². The predicted octanol–water partition coefficient (Wildman–Crippen LogP) is 5.22. The molecule has 0 aliphatic rings. The minimum Gasteiger partial charge on any atom is -0.366 e. The lowest BCUT2D eigenvalue weighted by molar-refractivity contribution is 0.0995. The maximum atomic E-state index is 13.5. The molecular formula is C37H48N12O3. The Morgan fingerprint density at radius 2 is 1.33 bits per heavy atom. The number of benzene rings is 2. The normalized spacial score (nSPS) is 11.4. The third-order valence-electron chi connectivity index (χ3n) is 8.71. The molecule has 4 aromatic heterocycles. The summed E-state index contributed by atoms with van der Waals surface area (Å²) in [5.41, 5.74) is 12.4. The number of hydrogen-bond donors (Lipinski definition) is 3. The second-order valence-corrected chi connectivity index (χ2v) is 12.9. The van der Waals surface area contributed by atoms with Crippen molar-refractivity contribution in [2.75, 3.05) is 24.7 Å². The summed E-state index contributed by atoms with van der Waals surface area (Å²) in [6, 6.07) is 14.7. The standard InChI is InChI=1S/C36H44N12O3.CH4/c1-7-47-29(18-22(3)42-47)33(50)40-35-38-26-20-24(32(37)49)14-15-27(26)45(35)16-9-10-17-46-28-13-11-12-25(21-44(5)6)31(28)39-36(46)41-34(51)30-19-23(4)43-48(30)8-2;/h11-15,18-20H,7-10,16-17,21H2,1-6H3,(H2,37,49)(H,38,40,50)(H,39,41,51);1H4. The molecule has 274 valence electrons. The van der Waals surface area contributed by atoms with Gasteiger partial charge in [0.15, 0.2) is 0 Å². The van der Waals surface area contributed by atoms with Crippen LogP contribution in [0.5, 0.6) is 0 Å². The number of unbranched alkanes of at least 4 members (excludes halogenated alkanes) is 1. The molecule has 6 rings (SSSR count). The number of carbonyl (C=O) groups is 3. The molecule has 0 aliphatic carbocycles. The summed E-state index contributed by atoms with van der Waals surface area (Å²) >= 11 is 0. The number of aromatic nitrogens is 8. The van der Waals surface area contributed by atoms with Gasteiger partial charge in [-0.2, -0.15) is 10.2 Å². The van der Waals surface area contributed by atoms with Crippen LogP contribution in [0.4, 0.5) is 11.9 Å². The zero-order valence-electron chi connectivity index (χ0n) is 29.9. The molecule has 3 amide bonds. The number of anilines is 2. The van der Waals surface area contributed by atoms with Crippen LogP contribution in [-0.4, -0.2) is 75.4 Å². The van der Waals surface area contributed by atoms with Gasteiger partial charge >= 0.3 is 0 Å². The number of hydrogen-bond acceptors (Lipinski definition) is 8. The number of imidazole rings is 2. The fourth-order valence-corrected chi connectivity index (χ4v) is 6.41. The monoisotopic (exact) mass is 708 g/mol. The Kier molecular flexibility index (Phi) is 11.2. The molecule has 2 aromatic carbocycles. The van der Waals surface area contributed by atoms with Gasteiger partial charge in [0.05, 0.1) is 33.5 Å². The molecule has 0 aliphatic heterocycles. The topological polar surface area (TPSA) is 176 Å². The van der Waals surface area contributed by atoms with Crippen molar-refractivity contribution in [3.05, 3.63) is 82.4 Å². The zero-order chi connectivity index (χ0) is 36.4. The first-order valence-corrected chi connectivity index (χ1v) is 17.1. The van der Waals surface area contributed by atoms with E-state index in [0.29, 0.717) is 79.9 Å². The number of para-hydroxylation sites is 1. The SMILES string of the molecule is C.CCn1nc(C)cc1C(=O)Nc1nc2cc(C(N)=O)ccc2n1CCCCn1c(NC(=O)c2cc(C)nn2CC)nc2c(CN(C)C)cccc21. The molecule has 0 saturated heterocycles. The lowest BCUT2D eigenvalue weighted by atomic mass is 10.1. The maximum Gasteiger partial charge on any atom is 0.276 e. The van der Waals surface area contributed by atoms with Gasteiger partial charge in [-0.15, -0.1) is 0 Å². The summed E-state index contributed by atoms with van der Waals surface area (Å²) in [4.78, 5) is 50.6. The molecule has 0 spiro atoms. The zero-order valence-corrected chi connectivity index (χ0v) is 29.9. The van der Waals surface area contributed by atoms with E-state index < -0.39 is 5.91 Å². The van der Waals surface area contributed by atoms with Gasteiger partial charge in [0.1, 0.15) is 11.4 Å². The van der Waals surface area contributed by atoms with Crippen molar-refractivity contribution in [1.82, 2.24) is 43.6 Å². The summed E-state index contributed by atoms with van der Waals surface area (Å²) < 4.78 is 7.32. The summed E-state index contributed by atoms with van der Waals surface area (Å²) in [5, 5.41) is 14.9. The first-order chi connectivity index (χ1) is 24.5. The van der Waals surface area contributed by atoms with E-state index in [2.05, 4.69) is 31.8 Å². The number of nitrogens with zero attached hydrogens (tertiary/aromatic N) is 9. The number of rotatable bonds is 14. The van der Waals surface area contributed by atoms with Gasteiger partial charge in [-0.25, -0.2) is 9.97 Å². The highest BCUT2D eigenvalue weighted by Crippen LogP contribution is 2.27. The predicted molar refractivity (Wildman–Crippen MR) is 203 cm³/mol. The Morgan fingerprint density at radius 3 is 1.87 bits per heavy atom. The Morgan fingerprint density at radius 1 is 0.769 bits per heavy atom. The molecular weight excluding hydrogens is 660 g/mol. The third-order valence-corrected chi connectivity index (χ3v) is 8.71. The van der Waals surface area contributed by atoms with Crippen molar-refractivity contribution < 1.29 is 14.4 Å². The Hall–Kier alpha value is -5.83. The molecule has 0 fully saturated rings. The average Bonchev–Trinajstić information content (AvgIpc) is 3.85. The highest BCUT2D eigenvalue weighted by Gasteiger charge is 2.21. The number of carbonyl (C=O) groups excluding carboxylic acids is 3. The van der Waals surface area contributed by atoms with E-state index in [1.807, 2.05) is 63.1 Å². The Bertz CT molecular complexity index is 2250. The van der Waals surface area contributed by atoms with Gasteiger partial charge in [-0.1, -0.05) is 19.6 Å². The van der Waals surface area contributed by atoms with Crippen LogP contribution < -0.4 is 16.4 Å². The number of amides is 3. The first kappa shape index (κ1) is 37.4. The maximum absolute atomic E-state index is 13.5. The molecule has 15 heteroatoms. The van der Waals surface area contributed by atoms with Crippen LogP contribution in [0.1, 0.15) is 82.4 Å². The summed E-state index contributed by atoms with van der Waals surface area (Å²) in [7, 11) is 4.02. The minimum absolute atomic E-state index is 0. The molecule has 15 nitrogen and oxygen atoms in total. The minimum atomic E-state index is -0.558. The van der Waals surface area contributed by atoms with E-state index in [1.54, 1.807) is 39.7 Å². The van der Waals surface area contributed by atoms with Crippen LogP contribution in [0.25, 0.3) is 22.1 Å². The van der Waals surface area contributed by atoms with Crippen molar-refractivity contribution in [3.8, 4) is 0 Å². The van der Waals surface area contributed by atoms with Crippen molar-refractivity contribution >= 4 is 51.7 Å². The van der Waals surface area contributed by atoms with Gasteiger partial charge in [0.25, 0.3) is 11.8 Å². The third kappa shape index (κ3) is 7.59. The van der Waals surface area contributed by atoms with Gasteiger partial charge in [0, 0.05) is 38.3 Å². The van der Waals surface area contributed by atoms with Crippen molar-refractivity contribution in [1.29, 1.82) is 0 Å². The number of primary amides is 1. The van der Waals surface area contributed by atoms with E-state index in [-0.39, 0.29) is 19.2 Å². The van der Waals surface area contributed by atoms with E-state index in [4.69, 9.17) is 15.7 Å². The Balaban J connectivity index is 0.00000523. The van der Waals surface area contributed by atoms with Crippen LogP contribution in [0.15, 0.2) is 48.5 Å². The van der Waals surface area contributed by atoms with Crippen LogP contribution in [-0.2, 0) is 32.7 Å². The second kappa shape index (κ2) is 15.6. The van der Waals surface area contributed by atoms with Crippen LogP contribution in [0, 0.1) is 13.8 Å². The number of nitrogens with two attached hydrogens (primary N) is 1. The average molecular weight is 709 g/mol. The highest BCUT2D eigenvalue weighted by molar-refractivity contribution is 6.04. The quantitative estimate of drug-likeness (QED) is 0.129.